The highest BCUT2D eigenvalue weighted by Gasteiger charge is 2.05. The molecule has 0 aliphatic heterocycles. The molecule has 18 heavy (non-hydrogen) atoms. The fraction of sp³-hybridized carbons (Fsp3) is 0.538. The Kier molecular flexibility index (Phi) is 9.06. The van der Waals surface area contributed by atoms with Crippen LogP contribution in [0.15, 0.2) is 30.3 Å². The number of nitrogens with zero attached hydrogens (tertiary/aromatic N) is 1. The molecule has 0 aromatic heterocycles. The zero-order valence-electron chi connectivity index (χ0n) is 11.3. The first-order valence-corrected chi connectivity index (χ1v) is 8.59. The van der Waals surface area contributed by atoms with Crippen LogP contribution in [0.3, 0.4) is 0 Å². The van der Waals surface area contributed by atoms with Crippen molar-refractivity contribution in [2.75, 3.05) is 19.6 Å². The van der Waals surface area contributed by atoms with Crippen LogP contribution in [0, 0.1) is 0 Å². The first kappa shape index (κ1) is 17.4. The zero-order chi connectivity index (χ0) is 14.0. The Morgan fingerprint density at radius 1 is 1.00 bits per heavy atom. The normalized spacial score (nSPS) is 10.9. The van der Waals surface area contributed by atoms with Crippen molar-refractivity contribution in [3.05, 3.63) is 35.9 Å². The molecule has 0 fully saturated rings. The maximum absolute atomic E-state index is 10.6. The highest BCUT2D eigenvalue weighted by atomic mass is 35.7. The van der Waals surface area contributed by atoms with Crippen LogP contribution in [0.5, 0.6) is 0 Å². The lowest BCUT2D eigenvalue weighted by Crippen LogP contribution is -2.21. The van der Waals surface area contributed by atoms with Crippen LogP contribution < -0.4 is 0 Å². The van der Waals surface area contributed by atoms with Gasteiger partial charge in [0.05, 0.1) is 5.75 Å². The van der Waals surface area contributed by atoms with Gasteiger partial charge < -0.3 is 4.90 Å². The summed E-state index contributed by atoms with van der Waals surface area (Å²) in [5.41, 5.74) is 0.711. The molecular formula is C13H22ClNO2S. The summed E-state index contributed by atoms with van der Waals surface area (Å²) < 4.78 is 21.1. The Morgan fingerprint density at radius 3 is 1.72 bits per heavy atom. The highest BCUT2D eigenvalue weighted by Crippen LogP contribution is 2.08. The second kappa shape index (κ2) is 9.36. The van der Waals surface area contributed by atoms with E-state index in [4.69, 9.17) is 10.7 Å². The molecule has 0 aliphatic carbocycles. The molecule has 1 rings (SSSR count). The van der Waals surface area contributed by atoms with Crippen molar-refractivity contribution in [1.29, 1.82) is 0 Å². The van der Waals surface area contributed by atoms with Gasteiger partial charge in [0.2, 0.25) is 9.05 Å². The Bertz CT molecular complexity index is 397. The van der Waals surface area contributed by atoms with Gasteiger partial charge in [-0.1, -0.05) is 51.1 Å². The standard InChI is InChI=1S/C7H7ClO2S.C6H15N/c8-11(9,10)6-7-4-2-1-3-5-7;1-4-7(5-2)6-3/h1-5H,6H2;4-6H2,1-3H3. The highest BCUT2D eigenvalue weighted by molar-refractivity contribution is 8.13. The van der Waals surface area contributed by atoms with E-state index in [-0.39, 0.29) is 5.75 Å². The van der Waals surface area contributed by atoms with Crippen LogP contribution >= 0.6 is 10.7 Å². The Hall–Kier alpha value is -0.580. The molecule has 5 heteroatoms. The summed E-state index contributed by atoms with van der Waals surface area (Å²) in [6.45, 7) is 10.1. The lowest BCUT2D eigenvalue weighted by atomic mass is 10.2. The largest absolute Gasteiger partial charge is 0.304 e. The molecule has 0 saturated carbocycles. The van der Waals surface area contributed by atoms with Crippen molar-refractivity contribution in [2.24, 2.45) is 0 Å². The lowest BCUT2D eigenvalue weighted by Gasteiger charge is -2.13. The van der Waals surface area contributed by atoms with Gasteiger partial charge in [-0.25, -0.2) is 8.42 Å². The van der Waals surface area contributed by atoms with E-state index in [2.05, 4.69) is 25.7 Å². The second-order valence-corrected chi connectivity index (χ2v) is 6.57. The monoisotopic (exact) mass is 291 g/mol. The Morgan fingerprint density at radius 2 is 1.44 bits per heavy atom. The third-order valence-corrected chi connectivity index (χ3v) is 3.53. The summed E-state index contributed by atoms with van der Waals surface area (Å²) in [6, 6.07) is 8.82. The molecule has 0 heterocycles. The first-order chi connectivity index (χ1) is 8.42. The van der Waals surface area contributed by atoms with Crippen molar-refractivity contribution in [1.82, 2.24) is 4.90 Å². The van der Waals surface area contributed by atoms with Crippen LogP contribution in [-0.4, -0.2) is 33.0 Å². The average molecular weight is 292 g/mol. The van der Waals surface area contributed by atoms with E-state index in [9.17, 15) is 8.42 Å². The molecule has 0 spiro atoms. The first-order valence-electron chi connectivity index (χ1n) is 6.11. The molecule has 0 radical (unpaired) electrons. The Balaban J connectivity index is 0.000000360. The van der Waals surface area contributed by atoms with E-state index in [1.165, 1.54) is 19.6 Å². The van der Waals surface area contributed by atoms with Gasteiger partial charge in [-0.15, -0.1) is 0 Å². The van der Waals surface area contributed by atoms with E-state index in [1.54, 1.807) is 24.3 Å². The van der Waals surface area contributed by atoms with Crippen LogP contribution in [0.25, 0.3) is 0 Å². The third kappa shape index (κ3) is 9.45. The summed E-state index contributed by atoms with van der Waals surface area (Å²) in [7, 11) is 1.63. The molecular weight excluding hydrogens is 270 g/mol. The zero-order valence-corrected chi connectivity index (χ0v) is 12.8. The van der Waals surface area contributed by atoms with Gasteiger partial charge in [0, 0.05) is 10.7 Å². The quantitative estimate of drug-likeness (QED) is 0.782. The minimum Gasteiger partial charge on any atom is -0.304 e. The van der Waals surface area contributed by atoms with Crippen molar-refractivity contribution < 1.29 is 8.42 Å². The molecule has 104 valence electrons. The van der Waals surface area contributed by atoms with Gasteiger partial charge in [0.1, 0.15) is 0 Å². The van der Waals surface area contributed by atoms with Gasteiger partial charge in [-0.3, -0.25) is 0 Å². The maximum Gasteiger partial charge on any atom is 0.236 e. The van der Waals surface area contributed by atoms with Crippen LogP contribution in [-0.2, 0) is 14.8 Å². The summed E-state index contributed by atoms with van der Waals surface area (Å²) >= 11 is 0. The summed E-state index contributed by atoms with van der Waals surface area (Å²) in [6.07, 6.45) is 0. The molecule has 0 atom stereocenters. The fourth-order valence-corrected chi connectivity index (χ4v) is 2.41. The van der Waals surface area contributed by atoms with Gasteiger partial charge >= 0.3 is 0 Å². The molecule has 1 aromatic carbocycles. The molecule has 3 nitrogen and oxygen atoms in total. The van der Waals surface area contributed by atoms with Gasteiger partial charge in [-0.2, -0.15) is 0 Å². The lowest BCUT2D eigenvalue weighted by molar-refractivity contribution is 0.321. The molecule has 0 aliphatic rings. The van der Waals surface area contributed by atoms with E-state index in [0.717, 1.165) is 0 Å². The second-order valence-electron chi connectivity index (χ2n) is 3.79. The molecule has 1 aromatic rings. The van der Waals surface area contributed by atoms with Gasteiger partial charge in [0.15, 0.2) is 0 Å². The average Bonchev–Trinajstić information content (AvgIpc) is 2.31. The predicted molar refractivity (Wildman–Crippen MR) is 78.4 cm³/mol. The minimum atomic E-state index is -3.40. The molecule has 0 bridgehead atoms. The minimum absolute atomic E-state index is 0.102. The molecule has 0 N–H and O–H groups in total. The van der Waals surface area contributed by atoms with E-state index in [0.29, 0.717) is 5.56 Å². The van der Waals surface area contributed by atoms with Crippen LogP contribution in [0.4, 0.5) is 0 Å². The summed E-state index contributed by atoms with van der Waals surface area (Å²) in [4.78, 5) is 2.38. The topological polar surface area (TPSA) is 37.4 Å². The maximum atomic E-state index is 10.6. The van der Waals surface area contributed by atoms with Crippen molar-refractivity contribution in [3.8, 4) is 0 Å². The molecule has 0 amide bonds. The van der Waals surface area contributed by atoms with E-state index >= 15 is 0 Å². The van der Waals surface area contributed by atoms with Crippen molar-refractivity contribution in [2.45, 2.75) is 26.5 Å². The van der Waals surface area contributed by atoms with Gasteiger partial charge in [-0.05, 0) is 25.2 Å². The SMILES string of the molecule is CCN(CC)CC.O=S(=O)(Cl)Cc1ccccc1. The van der Waals surface area contributed by atoms with Crippen LogP contribution in [0.2, 0.25) is 0 Å². The summed E-state index contributed by atoms with van der Waals surface area (Å²) in [5, 5.41) is 0. The number of rotatable bonds is 5. The number of halogens is 1. The van der Waals surface area contributed by atoms with E-state index < -0.39 is 9.05 Å². The predicted octanol–water partition coefficient (Wildman–Crippen LogP) is 3.10. The third-order valence-electron chi connectivity index (χ3n) is 2.52. The smallest absolute Gasteiger partial charge is 0.236 e. The molecule has 0 unspecified atom stereocenters. The molecule has 0 saturated heterocycles. The Labute approximate surface area is 115 Å². The number of hydrogen-bond acceptors (Lipinski definition) is 3. The fourth-order valence-electron chi connectivity index (χ4n) is 1.44. The number of benzene rings is 1. The van der Waals surface area contributed by atoms with Crippen molar-refractivity contribution in [3.63, 3.8) is 0 Å². The van der Waals surface area contributed by atoms with Crippen molar-refractivity contribution >= 4 is 19.7 Å². The summed E-state index contributed by atoms with van der Waals surface area (Å²) in [5.74, 6) is -0.102. The van der Waals surface area contributed by atoms with Gasteiger partial charge in [0.25, 0.3) is 0 Å². The number of hydrogen-bond donors (Lipinski definition) is 0. The van der Waals surface area contributed by atoms with E-state index in [1.807, 2.05) is 6.07 Å². The van der Waals surface area contributed by atoms with Crippen LogP contribution in [0.1, 0.15) is 26.3 Å².